The zero-order chi connectivity index (χ0) is 20.5. The molecule has 0 aliphatic carbocycles. The zero-order valence-electron chi connectivity index (χ0n) is 16.9. The summed E-state index contributed by atoms with van der Waals surface area (Å²) in [4.78, 5) is 30.0. The van der Waals surface area contributed by atoms with E-state index in [4.69, 9.17) is 9.26 Å². The van der Waals surface area contributed by atoms with Gasteiger partial charge >= 0.3 is 0 Å². The summed E-state index contributed by atoms with van der Waals surface area (Å²) in [6, 6.07) is 6.67. The smallest absolute Gasteiger partial charge is 0.285 e. The molecule has 2 aromatic rings. The molecule has 8 nitrogen and oxygen atoms in total. The maximum Gasteiger partial charge on any atom is 0.285 e. The number of hydrogen-bond donors (Lipinski definition) is 0. The molecule has 0 saturated carbocycles. The van der Waals surface area contributed by atoms with Gasteiger partial charge in [0.25, 0.3) is 11.8 Å². The van der Waals surface area contributed by atoms with E-state index < -0.39 is 27.2 Å². The molecule has 2 amide bonds. The van der Waals surface area contributed by atoms with Crippen molar-refractivity contribution in [2.24, 2.45) is 0 Å². The standard InChI is InChI=1S/C19H26N4O4Si/c1-18(2,3)28-27-19(4,5)15-12-22(21-20-15)10-11-26-23-16(24)13-8-6-7-9-14(13)17(23)25/h6-9,12H,10-11,28H2,1-5H3. The van der Waals surface area contributed by atoms with Crippen LogP contribution in [0.3, 0.4) is 0 Å². The van der Waals surface area contributed by atoms with E-state index in [9.17, 15) is 9.59 Å². The Kier molecular flexibility index (Phi) is 5.51. The molecule has 9 heteroatoms. The second-order valence-corrected chi connectivity index (χ2v) is 11.2. The molecule has 2 heterocycles. The Hall–Kier alpha value is -2.36. The van der Waals surface area contributed by atoms with Crippen LogP contribution >= 0.6 is 0 Å². The molecule has 0 spiro atoms. The van der Waals surface area contributed by atoms with Crippen molar-refractivity contribution in [3.8, 4) is 0 Å². The van der Waals surface area contributed by atoms with Gasteiger partial charge in [-0.1, -0.05) is 38.1 Å². The lowest BCUT2D eigenvalue weighted by Gasteiger charge is -2.28. The molecule has 1 aliphatic rings. The summed E-state index contributed by atoms with van der Waals surface area (Å²) < 4.78 is 7.76. The van der Waals surface area contributed by atoms with Gasteiger partial charge in [0.2, 0.25) is 0 Å². The molecule has 0 unspecified atom stereocenters. The van der Waals surface area contributed by atoms with Gasteiger partial charge in [-0.2, -0.15) is 0 Å². The lowest BCUT2D eigenvalue weighted by molar-refractivity contribution is -0.0941. The Morgan fingerprint density at radius 3 is 2.21 bits per heavy atom. The lowest BCUT2D eigenvalue weighted by Crippen LogP contribution is -2.31. The van der Waals surface area contributed by atoms with Crippen LogP contribution in [-0.2, 0) is 21.4 Å². The van der Waals surface area contributed by atoms with Gasteiger partial charge in [0.15, 0.2) is 9.76 Å². The number of carbonyl (C=O) groups is 2. The molecule has 28 heavy (non-hydrogen) atoms. The molecule has 150 valence electrons. The predicted octanol–water partition coefficient (Wildman–Crippen LogP) is 2.06. The highest BCUT2D eigenvalue weighted by Crippen LogP contribution is 2.28. The quantitative estimate of drug-likeness (QED) is 0.520. The van der Waals surface area contributed by atoms with E-state index in [0.717, 1.165) is 10.8 Å². The van der Waals surface area contributed by atoms with Crippen molar-refractivity contribution in [3.05, 3.63) is 47.3 Å². The number of imide groups is 1. The molecule has 0 atom stereocenters. The van der Waals surface area contributed by atoms with Gasteiger partial charge in [-0.05, 0) is 31.0 Å². The van der Waals surface area contributed by atoms with Gasteiger partial charge in [0.1, 0.15) is 5.69 Å². The fourth-order valence-electron chi connectivity index (χ4n) is 2.66. The van der Waals surface area contributed by atoms with Crippen LogP contribution in [0.2, 0.25) is 5.04 Å². The number of hydroxylamine groups is 2. The van der Waals surface area contributed by atoms with Crippen LogP contribution in [0, 0.1) is 0 Å². The fourth-order valence-corrected chi connectivity index (χ4v) is 3.61. The highest BCUT2D eigenvalue weighted by molar-refractivity contribution is 6.31. The third kappa shape index (κ3) is 4.37. The van der Waals surface area contributed by atoms with Crippen LogP contribution < -0.4 is 0 Å². The van der Waals surface area contributed by atoms with Gasteiger partial charge in [-0.25, -0.2) is 4.68 Å². The number of benzene rings is 1. The molecule has 0 N–H and O–H groups in total. The fraction of sp³-hybridized carbons (Fsp3) is 0.474. The summed E-state index contributed by atoms with van der Waals surface area (Å²) in [5.41, 5.74) is 0.945. The average molecular weight is 403 g/mol. The van der Waals surface area contributed by atoms with E-state index >= 15 is 0 Å². The van der Waals surface area contributed by atoms with Crippen LogP contribution in [0.5, 0.6) is 0 Å². The van der Waals surface area contributed by atoms with E-state index in [2.05, 4.69) is 31.1 Å². The molecular formula is C19H26N4O4Si. The topological polar surface area (TPSA) is 86.5 Å². The number of fused-ring (bicyclic) bond motifs is 1. The van der Waals surface area contributed by atoms with E-state index in [1.54, 1.807) is 28.9 Å². The van der Waals surface area contributed by atoms with Crippen molar-refractivity contribution < 1.29 is 18.9 Å². The molecule has 0 fully saturated rings. The minimum absolute atomic E-state index is 0.117. The van der Waals surface area contributed by atoms with E-state index in [1.807, 2.05) is 20.0 Å². The molecular weight excluding hydrogens is 376 g/mol. The average Bonchev–Trinajstić information content (AvgIpc) is 3.20. The Bertz CT molecular complexity index is 853. The predicted molar refractivity (Wildman–Crippen MR) is 105 cm³/mol. The minimum atomic E-state index is -0.736. The maximum atomic E-state index is 12.3. The molecule has 1 aliphatic heterocycles. The van der Waals surface area contributed by atoms with Gasteiger partial charge in [-0.3, -0.25) is 14.4 Å². The zero-order valence-corrected chi connectivity index (χ0v) is 18.3. The van der Waals surface area contributed by atoms with Crippen molar-refractivity contribution >= 4 is 21.6 Å². The van der Waals surface area contributed by atoms with Crippen molar-refractivity contribution in [2.45, 2.75) is 51.8 Å². The van der Waals surface area contributed by atoms with Gasteiger partial charge in [0, 0.05) is 0 Å². The molecule has 1 aromatic carbocycles. The van der Waals surface area contributed by atoms with Gasteiger partial charge in [0.05, 0.1) is 36.1 Å². The molecule has 0 bridgehead atoms. The van der Waals surface area contributed by atoms with Crippen LogP contribution in [0.15, 0.2) is 30.5 Å². The molecule has 3 rings (SSSR count). The first-order chi connectivity index (χ1) is 13.1. The first-order valence-corrected chi connectivity index (χ1v) is 10.5. The van der Waals surface area contributed by atoms with E-state index in [0.29, 0.717) is 17.7 Å². The lowest BCUT2D eigenvalue weighted by atomic mass is 10.1. The number of rotatable bonds is 7. The largest absolute Gasteiger partial charge is 0.413 e. The Balaban J connectivity index is 1.56. The summed E-state index contributed by atoms with van der Waals surface area (Å²) >= 11 is 0. The summed E-state index contributed by atoms with van der Waals surface area (Å²) in [5, 5.41) is 9.31. The second-order valence-electron chi connectivity index (χ2n) is 8.51. The first-order valence-electron chi connectivity index (χ1n) is 9.24. The second kappa shape index (κ2) is 7.57. The Morgan fingerprint density at radius 1 is 1.04 bits per heavy atom. The highest BCUT2D eigenvalue weighted by Gasteiger charge is 2.36. The van der Waals surface area contributed by atoms with Crippen LogP contribution in [-0.4, -0.2) is 48.2 Å². The normalized spacial score (nSPS) is 15.1. The minimum Gasteiger partial charge on any atom is -0.413 e. The van der Waals surface area contributed by atoms with Gasteiger partial charge in [-0.15, -0.1) is 10.2 Å². The SMILES string of the molecule is CC(C)(C)[SiH2]OC(C)(C)c1cn(CCON2C(=O)c3ccccc3C2=O)nn1. The molecule has 0 saturated heterocycles. The third-order valence-electron chi connectivity index (χ3n) is 4.32. The van der Waals surface area contributed by atoms with Crippen molar-refractivity contribution in [1.29, 1.82) is 0 Å². The Labute approximate surface area is 166 Å². The summed E-state index contributed by atoms with van der Waals surface area (Å²) in [7, 11) is -0.736. The number of amides is 2. The number of carbonyl (C=O) groups excluding carboxylic acids is 2. The molecule has 0 radical (unpaired) electrons. The maximum absolute atomic E-state index is 12.3. The Morgan fingerprint density at radius 2 is 1.64 bits per heavy atom. The van der Waals surface area contributed by atoms with Crippen molar-refractivity contribution in [1.82, 2.24) is 20.1 Å². The first kappa shape index (κ1) is 20.4. The number of nitrogens with zero attached hydrogens (tertiary/aromatic N) is 4. The molecule has 1 aromatic heterocycles. The number of hydrogen-bond acceptors (Lipinski definition) is 6. The highest BCUT2D eigenvalue weighted by atomic mass is 28.2. The summed E-state index contributed by atoms with van der Waals surface area (Å²) in [5.74, 6) is -0.886. The number of aromatic nitrogens is 3. The van der Waals surface area contributed by atoms with Gasteiger partial charge < -0.3 is 4.43 Å². The summed E-state index contributed by atoms with van der Waals surface area (Å²) in [6.45, 7) is 10.9. The van der Waals surface area contributed by atoms with Crippen molar-refractivity contribution in [3.63, 3.8) is 0 Å². The monoisotopic (exact) mass is 402 g/mol. The van der Waals surface area contributed by atoms with Crippen molar-refractivity contribution in [2.75, 3.05) is 6.61 Å². The van der Waals surface area contributed by atoms with E-state index in [-0.39, 0.29) is 11.6 Å². The third-order valence-corrected chi connectivity index (χ3v) is 6.05. The van der Waals surface area contributed by atoms with Crippen LogP contribution in [0.25, 0.3) is 0 Å². The van der Waals surface area contributed by atoms with Crippen LogP contribution in [0.4, 0.5) is 0 Å². The van der Waals surface area contributed by atoms with Crippen LogP contribution in [0.1, 0.15) is 61.0 Å². The van der Waals surface area contributed by atoms with E-state index in [1.165, 1.54) is 0 Å². The summed E-state index contributed by atoms with van der Waals surface area (Å²) in [6.07, 6.45) is 1.81.